The van der Waals surface area contributed by atoms with Crippen molar-refractivity contribution in [1.82, 2.24) is 10.3 Å². The highest BCUT2D eigenvalue weighted by Gasteiger charge is 2.34. The Morgan fingerprint density at radius 2 is 1.83 bits per heavy atom. The van der Waals surface area contributed by atoms with E-state index in [0.717, 1.165) is 18.2 Å². The molecule has 0 saturated heterocycles. The Labute approximate surface area is 135 Å². The number of nitrogens with one attached hydrogen (secondary N) is 1. The highest BCUT2D eigenvalue weighted by molar-refractivity contribution is 5.25. The van der Waals surface area contributed by atoms with Crippen LogP contribution in [0.3, 0.4) is 0 Å². The van der Waals surface area contributed by atoms with Gasteiger partial charge in [0.1, 0.15) is 17.2 Å². The fourth-order valence-corrected chi connectivity index (χ4v) is 2.28. The van der Waals surface area contributed by atoms with Gasteiger partial charge in [0.15, 0.2) is 0 Å². The molecule has 2 aromatic rings. The standard InChI is InChI=1S/C16H15F5N2O/c1-15(24,11-5-4-10(17)7-13(11)18)9-22-8-14-12(16(19,20)21)3-2-6-23-14/h2-7,22,24H,8-9H2,1H3. The lowest BCUT2D eigenvalue weighted by Crippen LogP contribution is -2.36. The topological polar surface area (TPSA) is 45.1 Å². The number of benzene rings is 1. The average molecular weight is 346 g/mol. The van der Waals surface area contributed by atoms with Crippen LogP contribution < -0.4 is 5.32 Å². The SMILES string of the molecule is CC(O)(CNCc1ncccc1C(F)(F)F)c1ccc(F)cc1F. The number of alkyl halides is 3. The zero-order valence-electron chi connectivity index (χ0n) is 12.7. The van der Waals surface area contributed by atoms with Crippen LogP contribution in [0.1, 0.15) is 23.7 Å². The first-order valence-electron chi connectivity index (χ1n) is 7.01. The van der Waals surface area contributed by atoms with Crippen LogP contribution in [0, 0.1) is 11.6 Å². The molecule has 0 fully saturated rings. The largest absolute Gasteiger partial charge is 0.418 e. The molecule has 0 aliphatic carbocycles. The Bertz CT molecular complexity index is 716. The van der Waals surface area contributed by atoms with E-state index in [9.17, 15) is 27.1 Å². The molecule has 1 unspecified atom stereocenters. The van der Waals surface area contributed by atoms with Crippen molar-refractivity contribution in [2.24, 2.45) is 0 Å². The van der Waals surface area contributed by atoms with Gasteiger partial charge in [0, 0.05) is 30.9 Å². The zero-order valence-corrected chi connectivity index (χ0v) is 12.7. The molecular weight excluding hydrogens is 331 g/mol. The van der Waals surface area contributed by atoms with Crippen LogP contribution in [0.2, 0.25) is 0 Å². The molecule has 130 valence electrons. The quantitative estimate of drug-likeness (QED) is 0.816. The molecule has 1 heterocycles. The fourth-order valence-electron chi connectivity index (χ4n) is 2.28. The molecule has 3 nitrogen and oxygen atoms in total. The molecule has 0 amide bonds. The van der Waals surface area contributed by atoms with Crippen LogP contribution in [0.4, 0.5) is 22.0 Å². The smallest absolute Gasteiger partial charge is 0.384 e. The van der Waals surface area contributed by atoms with E-state index in [0.29, 0.717) is 6.07 Å². The van der Waals surface area contributed by atoms with Crippen molar-refractivity contribution < 1.29 is 27.1 Å². The highest BCUT2D eigenvalue weighted by atomic mass is 19.4. The van der Waals surface area contributed by atoms with Crippen LogP contribution in [0.15, 0.2) is 36.5 Å². The number of halogens is 5. The third kappa shape index (κ3) is 4.27. The van der Waals surface area contributed by atoms with Gasteiger partial charge in [0.2, 0.25) is 0 Å². The van der Waals surface area contributed by atoms with Crippen molar-refractivity contribution in [3.8, 4) is 0 Å². The highest BCUT2D eigenvalue weighted by Crippen LogP contribution is 2.31. The lowest BCUT2D eigenvalue weighted by molar-refractivity contribution is -0.138. The van der Waals surface area contributed by atoms with Crippen LogP contribution in [0.5, 0.6) is 0 Å². The molecule has 0 aliphatic rings. The van der Waals surface area contributed by atoms with Gasteiger partial charge in [-0.2, -0.15) is 13.2 Å². The van der Waals surface area contributed by atoms with Gasteiger partial charge in [0.25, 0.3) is 0 Å². The van der Waals surface area contributed by atoms with Crippen molar-refractivity contribution >= 4 is 0 Å². The molecule has 1 aromatic carbocycles. The second-order valence-electron chi connectivity index (χ2n) is 5.50. The minimum Gasteiger partial charge on any atom is -0.384 e. The molecule has 2 rings (SSSR count). The van der Waals surface area contributed by atoms with E-state index in [4.69, 9.17) is 0 Å². The molecule has 2 N–H and O–H groups in total. The molecule has 0 aliphatic heterocycles. The monoisotopic (exact) mass is 346 g/mol. The third-order valence-corrected chi connectivity index (χ3v) is 3.47. The van der Waals surface area contributed by atoms with Gasteiger partial charge in [-0.05, 0) is 25.1 Å². The molecule has 24 heavy (non-hydrogen) atoms. The van der Waals surface area contributed by atoms with Crippen LogP contribution in [0.25, 0.3) is 0 Å². The number of aromatic nitrogens is 1. The predicted octanol–water partition coefficient (Wildman–Crippen LogP) is 3.38. The minimum absolute atomic E-state index is 0.159. The van der Waals surface area contributed by atoms with Gasteiger partial charge in [-0.15, -0.1) is 0 Å². The summed E-state index contributed by atoms with van der Waals surface area (Å²) in [5.74, 6) is -1.72. The first kappa shape index (κ1) is 18.3. The van der Waals surface area contributed by atoms with Gasteiger partial charge >= 0.3 is 6.18 Å². The number of pyridine rings is 1. The summed E-state index contributed by atoms with van der Waals surface area (Å²) < 4.78 is 65.2. The first-order chi connectivity index (χ1) is 11.1. The zero-order chi connectivity index (χ0) is 18.0. The fraction of sp³-hybridized carbons (Fsp3) is 0.312. The molecule has 0 radical (unpaired) electrons. The molecule has 0 spiro atoms. The van der Waals surface area contributed by atoms with E-state index in [1.807, 2.05) is 0 Å². The molecular formula is C16H15F5N2O. The maximum Gasteiger partial charge on any atom is 0.418 e. The van der Waals surface area contributed by atoms with Gasteiger partial charge < -0.3 is 10.4 Å². The van der Waals surface area contributed by atoms with Crippen LogP contribution in [-0.2, 0) is 18.3 Å². The van der Waals surface area contributed by atoms with E-state index in [2.05, 4.69) is 10.3 Å². The second kappa shape index (κ2) is 6.82. The lowest BCUT2D eigenvalue weighted by atomic mass is 9.95. The Morgan fingerprint density at radius 1 is 1.12 bits per heavy atom. The lowest BCUT2D eigenvalue weighted by Gasteiger charge is -2.25. The molecule has 0 bridgehead atoms. The van der Waals surface area contributed by atoms with Gasteiger partial charge in [-0.25, -0.2) is 8.78 Å². The summed E-state index contributed by atoms with van der Waals surface area (Å²) in [7, 11) is 0. The third-order valence-electron chi connectivity index (χ3n) is 3.47. The molecule has 0 saturated carbocycles. The second-order valence-corrected chi connectivity index (χ2v) is 5.50. The van der Waals surface area contributed by atoms with Crippen LogP contribution >= 0.6 is 0 Å². The summed E-state index contributed by atoms with van der Waals surface area (Å²) in [6, 6.07) is 4.80. The van der Waals surface area contributed by atoms with Gasteiger partial charge in [-0.1, -0.05) is 6.07 Å². The van der Waals surface area contributed by atoms with Crippen LogP contribution in [-0.4, -0.2) is 16.6 Å². The number of rotatable bonds is 5. The Hall–Kier alpha value is -2.06. The van der Waals surface area contributed by atoms with Crippen molar-refractivity contribution in [3.05, 3.63) is 65.0 Å². The van der Waals surface area contributed by atoms with E-state index in [1.54, 1.807) is 0 Å². The number of hydrogen-bond donors (Lipinski definition) is 2. The van der Waals surface area contributed by atoms with E-state index in [-0.39, 0.29) is 24.3 Å². The van der Waals surface area contributed by atoms with E-state index < -0.39 is 29.0 Å². The Morgan fingerprint density at radius 3 is 2.46 bits per heavy atom. The number of nitrogens with zero attached hydrogens (tertiary/aromatic N) is 1. The van der Waals surface area contributed by atoms with Gasteiger partial charge in [0.05, 0.1) is 11.3 Å². The summed E-state index contributed by atoms with van der Waals surface area (Å²) in [5, 5.41) is 12.9. The van der Waals surface area contributed by atoms with Crippen molar-refractivity contribution in [3.63, 3.8) is 0 Å². The van der Waals surface area contributed by atoms with E-state index >= 15 is 0 Å². The number of aliphatic hydroxyl groups is 1. The van der Waals surface area contributed by atoms with Crippen molar-refractivity contribution in [2.75, 3.05) is 6.54 Å². The van der Waals surface area contributed by atoms with E-state index in [1.165, 1.54) is 19.2 Å². The molecule has 8 heteroatoms. The summed E-state index contributed by atoms with van der Waals surface area (Å²) in [5.41, 5.74) is -3.01. The Balaban J connectivity index is 2.09. The first-order valence-corrected chi connectivity index (χ1v) is 7.01. The van der Waals surface area contributed by atoms with Gasteiger partial charge in [-0.3, -0.25) is 4.98 Å². The summed E-state index contributed by atoms with van der Waals surface area (Å²) in [6.07, 6.45) is -3.32. The average Bonchev–Trinajstić information content (AvgIpc) is 2.46. The minimum atomic E-state index is -4.54. The molecule has 1 aromatic heterocycles. The van der Waals surface area contributed by atoms with Crippen molar-refractivity contribution in [1.29, 1.82) is 0 Å². The maximum atomic E-state index is 13.7. The Kier molecular flexibility index (Phi) is 5.19. The summed E-state index contributed by atoms with van der Waals surface area (Å²) >= 11 is 0. The normalized spacial score (nSPS) is 14.5. The molecule has 1 atom stereocenters. The summed E-state index contributed by atoms with van der Waals surface area (Å²) in [4.78, 5) is 3.68. The number of hydrogen-bond acceptors (Lipinski definition) is 3. The predicted molar refractivity (Wildman–Crippen MR) is 76.9 cm³/mol. The summed E-state index contributed by atoms with van der Waals surface area (Å²) in [6.45, 7) is 0.761. The maximum absolute atomic E-state index is 13.7. The van der Waals surface area contributed by atoms with Crippen molar-refractivity contribution in [2.45, 2.75) is 25.2 Å².